The highest BCUT2D eigenvalue weighted by molar-refractivity contribution is 9.10. The lowest BCUT2D eigenvalue weighted by atomic mass is 10.3. The average molecular weight is 360 g/mol. The number of nitrogens with two attached hydrogens (primary N) is 1. The van der Waals surface area contributed by atoms with Crippen molar-refractivity contribution in [3.63, 3.8) is 0 Å². The van der Waals surface area contributed by atoms with Gasteiger partial charge in [-0.25, -0.2) is 8.42 Å². The molecule has 1 saturated carbocycles. The minimum atomic E-state index is -3.48. The van der Waals surface area contributed by atoms with Crippen LogP contribution in [0.15, 0.2) is 27.6 Å². The van der Waals surface area contributed by atoms with E-state index in [1.807, 2.05) is 0 Å². The van der Waals surface area contributed by atoms with Gasteiger partial charge in [0.2, 0.25) is 10.0 Å². The molecule has 1 aromatic rings. The van der Waals surface area contributed by atoms with Crippen molar-refractivity contribution < 1.29 is 8.42 Å². The van der Waals surface area contributed by atoms with Crippen molar-refractivity contribution in [3.05, 3.63) is 22.7 Å². The number of nitrogen functional groups attached to an aromatic ring is 1. The summed E-state index contributed by atoms with van der Waals surface area (Å²) in [5.41, 5.74) is 6.15. The summed E-state index contributed by atoms with van der Waals surface area (Å²) in [7, 11) is -3.48. The molecule has 1 aliphatic heterocycles. The van der Waals surface area contributed by atoms with Crippen molar-refractivity contribution in [2.24, 2.45) is 0 Å². The number of hydrogen-bond donors (Lipinski definition) is 1. The Kier molecular flexibility index (Phi) is 3.79. The van der Waals surface area contributed by atoms with E-state index in [0.717, 1.165) is 17.6 Å². The molecule has 2 fully saturated rings. The molecular formula is C13H18BrN3O2S. The third-order valence-corrected chi connectivity index (χ3v) is 6.39. The molecule has 0 radical (unpaired) electrons. The van der Waals surface area contributed by atoms with Gasteiger partial charge >= 0.3 is 0 Å². The van der Waals surface area contributed by atoms with Crippen LogP contribution in [0.5, 0.6) is 0 Å². The van der Waals surface area contributed by atoms with Crippen molar-refractivity contribution in [1.29, 1.82) is 0 Å². The lowest BCUT2D eigenvalue weighted by Crippen LogP contribution is -2.49. The summed E-state index contributed by atoms with van der Waals surface area (Å²) in [5, 5.41) is 0. The maximum absolute atomic E-state index is 12.6. The molecule has 1 saturated heterocycles. The van der Waals surface area contributed by atoms with Crippen LogP contribution >= 0.6 is 15.9 Å². The predicted octanol–water partition coefficient (Wildman–Crippen LogP) is 1.50. The van der Waals surface area contributed by atoms with Crippen molar-refractivity contribution >= 4 is 31.6 Å². The highest BCUT2D eigenvalue weighted by Gasteiger charge is 2.35. The number of benzene rings is 1. The van der Waals surface area contributed by atoms with Gasteiger partial charge in [-0.1, -0.05) is 15.9 Å². The first-order valence-electron chi connectivity index (χ1n) is 6.78. The maximum Gasteiger partial charge on any atom is 0.245 e. The van der Waals surface area contributed by atoms with E-state index in [9.17, 15) is 8.42 Å². The standard InChI is InChI=1S/C13H18BrN3O2S/c14-10-1-4-13(12(15)9-10)20(18,19)17-7-5-16(6-8-17)11-2-3-11/h1,4,9,11H,2-3,5-8,15H2. The summed E-state index contributed by atoms with van der Waals surface area (Å²) >= 11 is 3.29. The SMILES string of the molecule is Nc1cc(Br)ccc1S(=O)(=O)N1CCN(C2CC2)CC1. The molecule has 0 amide bonds. The number of halogens is 1. The Morgan fingerprint density at radius 2 is 1.80 bits per heavy atom. The second-order valence-electron chi connectivity index (χ2n) is 5.35. The molecule has 5 nitrogen and oxygen atoms in total. The van der Waals surface area contributed by atoms with Crippen LogP contribution in [0.1, 0.15) is 12.8 Å². The van der Waals surface area contributed by atoms with E-state index in [2.05, 4.69) is 20.8 Å². The quantitative estimate of drug-likeness (QED) is 0.830. The van der Waals surface area contributed by atoms with Crippen LogP contribution in [-0.2, 0) is 10.0 Å². The number of piperazine rings is 1. The van der Waals surface area contributed by atoms with E-state index in [1.165, 1.54) is 12.8 Å². The van der Waals surface area contributed by atoms with Gasteiger partial charge in [0, 0.05) is 36.7 Å². The van der Waals surface area contributed by atoms with Crippen LogP contribution in [0.4, 0.5) is 5.69 Å². The molecule has 1 heterocycles. The summed E-state index contributed by atoms with van der Waals surface area (Å²) in [5.74, 6) is 0. The highest BCUT2D eigenvalue weighted by Crippen LogP contribution is 2.30. The second kappa shape index (κ2) is 5.29. The monoisotopic (exact) mass is 359 g/mol. The van der Waals surface area contributed by atoms with Gasteiger partial charge in [0.05, 0.1) is 5.69 Å². The molecule has 7 heteroatoms. The zero-order valence-corrected chi connectivity index (χ0v) is 13.5. The van der Waals surface area contributed by atoms with Gasteiger partial charge < -0.3 is 5.73 Å². The van der Waals surface area contributed by atoms with E-state index in [-0.39, 0.29) is 4.90 Å². The van der Waals surface area contributed by atoms with Gasteiger partial charge in [-0.2, -0.15) is 4.31 Å². The summed E-state index contributed by atoms with van der Waals surface area (Å²) in [6.45, 7) is 2.74. The molecule has 0 unspecified atom stereocenters. The number of rotatable bonds is 3. The third-order valence-electron chi connectivity index (χ3n) is 3.93. The van der Waals surface area contributed by atoms with Gasteiger partial charge in [0.15, 0.2) is 0 Å². The fourth-order valence-corrected chi connectivity index (χ4v) is 4.54. The Labute approximate surface area is 127 Å². The van der Waals surface area contributed by atoms with E-state index in [1.54, 1.807) is 22.5 Å². The van der Waals surface area contributed by atoms with Gasteiger partial charge in [0.25, 0.3) is 0 Å². The fraction of sp³-hybridized carbons (Fsp3) is 0.538. The van der Waals surface area contributed by atoms with Gasteiger partial charge in [-0.15, -0.1) is 0 Å². The summed E-state index contributed by atoms with van der Waals surface area (Å²) in [4.78, 5) is 2.59. The smallest absolute Gasteiger partial charge is 0.245 e. The highest BCUT2D eigenvalue weighted by atomic mass is 79.9. The Balaban J connectivity index is 1.78. The number of anilines is 1. The third kappa shape index (κ3) is 2.72. The maximum atomic E-state index is 12.6. The predicted molar refractivity (Wildman–Crippen MR) is 81.9 cm³/mol. The normalized spacial score (nSPS) is 22.1. The Morgan fingerprint density at radius 1 is 1.15 bits per heavy atom. The van der Waals surface area contributed by atoms with Gasteiger partial charge in [-0.3, -0.25) is 4.90 Å². The molecule has 2 N–H and O–H groups in total. The molecule has 0 bridgehead atoms. The van der Waals surface area contributed by atoms with Gasteiger partial charge in [0.1, 0.15) is 4.90 Å². The molecular weight excluding hydrogens is 342 g/mol. The molecule has 20 heavy (non-hydrogen) atoms. The Bertz CT molecular complexity index is 608. The summed E-state index contributed by atoms with van der Waals surface area (Å²) in [6.07, 6.45) is 2.51. The summed E-state index contributed by atoms with van der Waals surface area (Å²) in [6, 6.07) is 5.61. The fourth-order valence-electron chi connectivity index (χ4n) is 2.64. The second-order valence-corrected chi connectivity index (χ2v) is 8.18. The Hall–Kier alpha value is -0.630. The van der Waals surface area contributed by atoms with Gasteiger partial charge in [-0.05, 0) is 31.0 Å². The zero-order chi connectivity index (χ0) is 14.3. The molecule has 0 spiro atoms. The molecule has 0 atom stereocenters. The first-order valence-corrected chi connectivity index (χ1v) is 9.01. The van der Waals surface area contributed by atoms with Crippen LogP contribution in [-0.4, -0.2) is 49.8 Å². The van der Waals surface area contributed by atoms with Crippen molar-refractivity contribution in [3.8, 4) is 0 Å². The van der Waals surface area contributed by atoms with Crippen molar-refractivity contribution in [2.45, 2.75) is 23.8 Å². The molecule has 2 aliphatic rings. The van der Waals surface area contributed by atoms with Crippen LogP contribution < -0.4 is 5.73 Å². The first-order chi connectivity index (χ1) is 9.48. The molecule has 3 rings (SSSR count). The first kappa shape index (κ1) is 14.3. The molecule has 110 valence electrons. The van der Waals surface area contributed by atoms with Crippen molar-refractivity contribution in [1.82, 2.24) is 9.21 Å². The molecule has 1 aliphatic carbocycles. The topological polar surface area (TPSA) is 66.6 Å². The molecule has 1 aromatic carbocycles. The van der Waals surface area contributed by atoms with Crippen LogP contribution in [0.3, 0.4) is 0 Å². The van der Waals surface area contributed by atoms with Crippen molar-refractivity contribution in [2.75, 3.05) is 31.9 Å². The average Bonchev–Trinajstić information content (AvgIpc) is 3.22. The number of nitrogens with zero attached hydrogens (tertiary/aromatic N) is 2. The lowest BCUT2D eigenvalue weighted by molar-refractivity contribution is 0.180. The van der Waals surface area contributed by atoms with E-state index in [4.69, 9.17) is 5.73 Å². The van der Waals surface area contributed by atoms with Crippen LogP contribution in [0, 0.1) is 0 Å². The summed E-state index contributed by atoms with van der Waals surface area (Å²) < 4.78 is 27.6. The minimum Gasteiger partial charge on any atom is -0.398 e. The minimum absolute atomic E-state index is 0.209. The zero-order valence-electron chi connectivity index (χ0n) is 11.1. The Morgan fingerprint density at radius 3 is 2.35 bits per heavy atom. The van der Waals surface area contributed by atoms with Crippen LogP contribution in [0.2, 0.25) is 0 Å². The lowest BCUT2D eigenvalue weighted by Gasteiger charge is -2.34. The largest absolute Gasteiger partial charge is 0.398 e. The van der Waals surface area contributed by atoms with Crippen LogP contribution in [0.25, 0.3) is 0 Å². The van der Waals surface area contributed by atoms with E-state index < -0.39 is 10.0 Å². The molecule has 0 aromatic heterocycles. The number of sulfonamides is 1. The number of hydrogen-bond acceptors (Lipinski definition) is 4. The van der Waals surface area contributed by atoms with E-state index >= 15 is 0 Å². The van der Waals surface area contributed by atoms with E-state index in [0.29, 0.717) is 24.8 Å².